The fourth-order valence-corrected chi connectivity index (χ4v) is 2.59. The first-order valence-corrected chi connectivity index (χ1v) is 6.17. The van der Waals surface area contributed by atoms with Crippen molar-refractivity contribution in [2.24, 2.45) is 5.92 Å². The van der Waals surface area contributed by atoms with Crippen molar-refractivity contribution in [3.05, 3.63) is 16.7 Å². The summed E-state index contributed by atoms with van der Waals surface area (Å²) in [5.74, 6) is 1.63. The van der Waals surface area contributed by atoms with Crippen molar-refractivity contribution >= 4 is 39.0 Å². The summed E-state index contributed by atoms with van der Waals surface area (Å²) in [4.78, 5) is 8.41. The van der Waals surface area contributed by atoms with Gasteiger partial charge in [0, 0.05) is 6.04 Å². The molecule has 0 aliphatic heterocycles. The number of anilines is 1. The van der Waals surface area contributed by atoms with Crippen LogP contribution in [-0.4, -0.2) is 16.0 Å². The van der Waals surface area contributed by atoms with Crippen LogP contribution in [0.4, 0.5) is 5.82 Å². The third-order valence-electron chi connectivity index (χ3n) is 2.71. The van der Waals surface area contributed by atoms with Crippen molar-refractivity contribution in [2.75, 3.05) is 5.32 Å². The van der Waals surface area contributed by atoms with Crippen molar-refractivity contribution in [1.29, 1.82) is 0 Å². The first kappa shape index (κ1) is 9.36. The van der Waals surface area contributed by atoms with Gasteiger partial charge in [0.25, 0.3) is 0 Å². The van der Waals surface area contributed by atoms with E-state index in [1.54, 1.807) is 11.3 Å². The Morgan fingerprint density at radius 3 is 3.07 bits per heavy atom. The highest BCUT2D eigenvalue weighted by atomic mass is 35.5. The number of aromatic nitrogens is 2. The average Bonchev–Trinajstić information content (AvgIpc) is 2.71. The maximum Gasteiger partial charge on any atom is 0.224 e. The summed E-state index contributed by atoms with van der Waals surface area (Å²) < 4.78 is 1.10. The van der Waals surface area contributed by atoms with Gasteiger partial charge in [-0.25, -0.2) is 4.98 Å². The second-order valence-electron chi connectivity index (χ2n) is 3.94. The van der Waals surface area contributed by atoms with E-state index in [4.69, 9.17) is 11.6 Å². The smallest absolute Gasteiger partial charge is 0.224 e. The molecule has 1 N–H and O–H groups in total. The monoisotopic (exact) mass is 239 g/mol. The van der Waals surface area contributed by atoms with Crippen LogP contribution in [0.2, 0.25) is 5.28 Å². The molecule has 0 spiro atoms. The maximum absolute atomic E-state index is 5.86. The fourth-order valence-electron chi connectivity index (χ4n) is 1.63. The third kappa shape index (κ3) is 1.68. The Morgan fingerprint density at radius 2 is 2.33 bits per heavy atom. The lowest BCUT2D eigenvalue weighted by Gasteiger charge is -2.05. The highest BCUT2D eigenvalue weighted by Gasteiger charge is 2.33. The predicted octanol–water partition coefficient (Wildman–Crippen LogP) is 3.17. The summed E-state index contributed by atoms with van der Waals surface area (Å²) in [5.41, 5.74) is 0.927. The molecule has 0 bridgehead atoms. The van der Waals surface area contributed by atoms with E-state index in [1.165, 1.54) is 6.42 Å². The number of hydrogen-bond acceptors (Lipinski definition) is 4. The van der Waals surface area contributed by atoms with E-state index in [1.807, 2.05) is 11.4 Å². The molecule has 1 aliphatic carbocycles. The summed E-state index contributed by atoms with van der Waals surface area (Å²) in [5, 5.41) is 5.74. The van der Waals surface area contributed by atoms with Crippen molar-refractivity contribution < 1.29 is 0 Å². The van der Waals surface area contributed by atoms with Gasteiger partial charge in [-0.15, -0.1) is 11.3 Å². The Balaban J connectivity index is 2.03. The summed E-state index contributed by atoms with van der Waals surface area (Å²) in [6.07, 6.45) is 1.22. The Morgan fingerprint density at radius 1 is 1.53 bits per heavy atom. The van der Waals surface area contributed by atoms with Gasteiger partial charge in [-0.1, -0.05) is 6.92 Å². The number of halogens is 1. The molecule has 0 amide bonds. The number of fused-ring (bicyclic) bond motifs is 1. The summed E-state index contributed by atoms with van der Waals surface area (Å²) in [6.45, 7) is 2.23. The van der Waals surface area contributed by atoms with Gasteiger partial charge in [0.05, 0.1) is 10.2 Å². The van der Waals surface area contributed by atoms with Crippen LogP contribution >= 0.6 is 22.9 Å². The number of nitrogens with zero attached hydrogens (tertiary/aromatic N) is 2. The van der Waals surface area contributed by atoms with Crippen molar-refractivity contribution in [2.45, 2.75) is 19.4 Å². The molecule has 2 unspecified atom stereocenters. The van der Waals surface area contributed by atoms with E-state index in [0.29, 0.717) is 11.3 Å². The lowest BCUT2D eigenvalue weighted by molar-refractivity contribution is 0.924. The quantitative estimate of drug-likeness (QED) is 0.818. The van der Waals surface area contributed by atoms with Gasteiger partial charge < -0.3 is 5.32 Å². The minimum Gasteiger partial charge on any atom is -0.366 e. The van der Waals surface area contributed by atoms with Crippen LogP contribution in [0, 0.1) is 5.92 Å². The molecule has 2 aromatic heterocycles. The number of hydrogen-bond donors (Lipinski definition) is 1. The van der Waals surface area contributed by atoms with Gasteiger partial charge in [-0.05, 0) is 35.4 Å². The Labute approximate surface area is 96.5 Å². The molecule has 3 nitrogen and oxygen atoms in total. The second kappa shape index (κ2) is 3.32. The molecule has 0 saturated heterocycles. The van der Waals surface area contributed by atoms with Gasteiger partial charge in [0.15, 0.2) is 0 Å². The SMILES string of the molecule is CC1CC1Nc1nc(Cl)nc2ccsc12. The van der Waals surface area contributed by atoms with E-state index in [9.17, 15) is 0 Å². The molecule has 5 heteroatoms. The highest BCUT2D eigenvalue weighted by Crippen LogP contribution is 2.35. The molecule has 3 rings (SSSR count). The first-order valence-electron chi connectivity index (χ1n) is 4.91. The summed E-state index contributed by atoms with van der Waals surface area (Å²) in [7, 11) is 0. The normalized spacial score (nSPS) is 24.4. The Bertz CT molecular complexity index is 510. The van der Waals surface area contributed by atoms with E-state index in [2.05, 4.69) is 22.2 Å². The predicted molar refractivity (Wildman–Crippen MR) is 63.6 cm³/mol. The zero-order chi connectivity index (χ0) is 10.4. The number of rotatable bonds is 2. The zero-order valence-electron chi connectivity index (χ0n) is 8.20. The van der Waals surface area contributed by atoms with Crippen LogP contribution in [0.15, 0.2) is 11.4 Å². The zero-order valence-corrected chi connectivity index (χ0v) is 9.77. The molecule has 78 valence electrons. The van der Waals surface area contributed by atoms with Crippen LogP contribution < -0.4 is 5.32 Å². The minimum absolute atomic E-state index is 0.316. The van der Waals surface area contributed by atoms with Crippen molar-refractivity contribution in [3.63, 3.8) is 0 Å². The van der Waals surface area contributed by atoms with Crippen LogP contribution in [-0.2, 0) is 0 Å². The van der Waals surface area contributed by atoms with E-state index in [0.717, 1.165) is 22.0 Å². The van der Waals surface area contributed by atoms with Gasteiger partial charge in [0.2, 0.25) is 5.28 Å². The lowest BCUT2D eigenvalue weighted by atomic mass is 10.4. The summed E-state index contributed by atoms with van der Waals surface area (Å²) in [6, 6.07) is 2.52. The molecule has 2 atom stereocenters. The largest absolute Gasteiger partial charge is 0.366 e. The highest BCUT2D eigenvalue weighted by molar-refractivity contribution is 7.17. The third-order valence-corrected chi connectivity index (χ3v) is 3.79. The topological polar surface area (TPSA) is 37.8 Å². The average molecular weight is 240 g/mol. The molecular weight excluding hydrogens is 230 g/mol. The van der Waals surface area contributed by atoms with Gasteiger partial charge in [-0.2, -0.15) is 4.98 Å². The van der Waals surface area contributed by atoms with E-state index < -0.39 is 0 Å². The number of nitrogens with one attached hydrogen (secondary N) is 1. The van der Waals surface area contributed by atoms with Crippen molar-refractivity contribution in [3.8, 4) is 0 Å². The molecule has 1 fully saturated rings. The van der Waals surface area contributed by atoms with Crippen LogP contribution in [0.3, 0.4) is 0 Å². The van der Waals surface area contributed by atoms with Crippen LogP contribution in [0.25, 0.3) is 10.2 Å². The van der Waals surface area contributed by atoms with E-state index >= 15 is 0 Å². The second-order valence-corrected chi connectivity index (χ2v) is 5.19. The number of thiophene rings is 1. The molecular formula is C10H10ClN3S. The molecule has 0 radical (unpaired) electrons. The molecule has 1 aliphatic rings. The Hall–Kier alpha value is -0.870. The lowest BCUT2D eigenvalue weighted by Crippen LogP contribution is -2.05. The van der Waals surface area contributed by atoms with Gasteiger partial charge in [-0.3, -0.25) is 0 Å². The maximum atomic E-state index is 5.86. The first-order chi connectivity index (χ1) is 7.24. The van der Waals surface area contributed by atoms with Gasteiger partial charge in [0.1, 0.15) is 5.82 Å². The van der Waals surface area contributed by atoms with E-state index in [-0.39, 0.29) is 0 Å². The van der Waals surface area contributed by atoms with Crippen LogP contribution in [0.1, 0.15) is 13.3 Å². The minimum atomic E-state index is 0.316. The summed E-state index contributed by atoms with van der Waals surface area (Å²) >= 11 is 7.51. The molecule has 0 aromatic carbocycles. The fraction of sp³-hybridized carbons (Fsp3) is 0.400. The van der Waals surface area contributed by atoms with Gasteiger partial charge >= 0.3 is 0 Å². The van der Waals surface area contributed by atoms with Crippen molar-refractivity contribution in [1.82, 2.24) is 9.97 Å². The Kier molecular flexibility index (Phi) is 2.07. The standard InChI is InChI=1S/C10H10ClN3S/c1-5-4-7(5)12-9-8-6(2-3-15-8)13-10(11)14-9/h2-3,5,7H,4H2,1H3,(H,12,13,14). The molecule has 15 heavy (non-hydrogen) atoms. The van der Waals surface area contributed by atoms with Crippen LogP contribution in [0.5, 0.6) is 0 Å². The molecule has 2 heterocycles. The molecule has 2 aromatic rings. The molecule has 1 saturated carbocycles.